The number of furan rings is 1. The molecule has 0 bridgehead atoms. The first-order valence-corrected chi connectivity index (χ1v) is 7.79. The topological polar surface area (TPSA) is 80.6 Å². The van der Waals surface area contributed by atoms with E-state index in [2.05, 4.69) is 10.1 Å². The van der Waals surface area contributed by atoms with Crippen molar-refractivity contribution < 1.29 is 36.3 Å². The normalized spacial score (nSPS) is 13.5. The van der Waals surface area contributed by atoms with Gasteiger partial charge >= 0.3 is 18.2 Å². The molecule has 10 heteroatoms. The lowest BCUT2D eigenvalue weighted by molar-refractivity contribution is -0.214. The molecule has 2 N–H and O–H groups in total. The Labute approximate surface area is 151 Å². The van der Waals surface area contributed by atoms with Crippen molar-refractivity contribution in [3.63, 3.8) is 0 Å². The Morgan fingerprint density at radius 3 is 2.33 bits per heavy atom. The molecule has 2 rings (SSSR count). The molecule has 0 fully saturated rings. The fourth-order valence-electron chi connectivity index (χ4n) is 2.33. The Morgan fingerprint density at radius 1 is 1.15 bits per heavy atom. The van der Waals surface area contributed by atoms with Crippen molar-refractivity contribution in [3.05, 3.63) is 59.8 Å². The van der Waals surface area contributed by atoms with Crippen molar-refractivity contribution in [2.45, 2.75) is 25.2 Å². The molecule has 0 aliphatic carbocycles. The Morgan fingerprint density at radius 2 is 1.81 bits per heavy atom. The molecule has 2 amide bonds. The van der Waals surface area contributed by atoms with Crippen LogP contribution in [0.2, 0.25) is 0 Å². The van der Waals surface area contributed by atoms with Crippen molar-refractivity contribution in [1.29, 1.82) is 0 Å². The number of halogens is 4. The van der Waals surface area contributed by atoms with Crippen molar-refractivity contribution in [3.8, 4) is 0 Å². The minimum atomic E-state index is -5.26. The van der Waals surface area contributed by atoms with Crippen LogP contribution in [0, 0.1) is 5.82 Å². The highest BCUT2D eigenvalue weighted by atomic mass is 19.4. The minimum Gasteiger partial charge on any atom is -0.467 e. The van der Waals surface area contributed by atoms with E-state index in [4.69, 9.17) is 4.42 Å². The first-order valence-electron chi connectivity index (χ1n) is 7.79. The molecule has 0 aliphatic heterocycles. The van der Waals surface area contributed by atoms with Gasteiger partial charge in [0.1, 0.15) is 11.6 Å². The van der Waals surface area contributed by atoms with Crippen LogP contribution < -0.4 is 10.6 Å². The summed E-state index contributed by atoms with van der Waals surface area (Å²) in [5.41, 5.74) is -4.20. The van der Waals surface area contributed by atoms with Crippen LogP contribution in [0.4, 0.5) is 22.4 Å². The molecule has 0 radical (unpaired) electrons. The van der Waals surface area contributed by atoms with E-state index in [1.54, 1.807) is 5.32 Å². The fraction of sp³-hybridized carbons (Fsp3) is 0.294. The summed E-state index contributed by atoms with van der Waals surface area (Å²) in [5.74, 6) is -2.25. The van der Waals surface area contributed by atoms with Crippen LogP contribution in [0.5, 0.6) is 0 Å². The lowest BCUT2D eigenvalue weighted by atomic mass is 9.89. The number of alkyl halides is 3. The van der Waals surface area contributed by atoms with Gasteiger partial charge in [-0.05, 0) is 36.8 Å². The van der Waals surface area contributed by atoms with Crippen LogP contribution in [-0.4, -0.2) is 24.8 Å². The number of ether oxygens (including phenoxy) is 1. The van der Waals surface area contributed by atoms with E-state index in [-0.39, 0.29) is 13.2 Å². The Kier molecular flexibility index (Phi) is 6.09. The number of carbonyl (C=O) groups is 2. The van der Waals surface area contributed by atoms with Gasteiger partial charge in [0.15, 0.2) is 0 Å². The number of carbonyl (C=O) groups excluding carboxylic acids is 2. The van der Waals surface area contributed by atoms with Gasteiger partial charge < -0.3 is 19.8 Å². The second-order valence-electron chi connectivity index (χ2n) is 5.36. The highest BCUT2D eigenvalue weighted by molar-refractivity contribution is 5.89. The number of rotatable bonds is 6. The Hall–Kier alpha value is -3.04. The number of amides is 2. The van der Waals surface area contributed by atoms with E-state index in [0.29, 0.717) is 5.76 Å². The third kappa shape index (κ3) is 4.39. The minimum absolute atomic E-state index is 0.209. The van der Waals surface area contributed by atoms with Gasteiger partial charge in [-0.25, -0.2) is 14.0 Å². The summed E-state index contributed by atoms with van der Waals surface area (Å²) in [7, 11) is 0. The average Bonchev–Trinajstić information content (AvgIpc) is 3.11. The molecule has 1 aromatic carbocycles. The summed E-state index contributed by atoms with van der Waals surface area (Å²) in [6.45, 7) is 0.757. The first kappa shape index (κ1) is 20.3. The third-order valence-electron chi connectivity index (χ3n) is 3.59. The molecule has 1 atom stereocenters. The maximum atomic E-state index is 14.0. The third-order valence-corrected chi connectivity index (χ3v) is 3.59. The molecule has 1 aromatic heterocycles. The standard InChI is InChI=1S/C17H16F4N2O4/c1-2-26-14(24)16(17(19,20)21,11-5-7-12(18)8-6-11)23-15(25)22-10-13-4-3-9-27-13/h3-9H,2,10H2,1H3,(H2,22,23,25)/t16-/m0/s1. The summed E-state index contributed by atoms with van der Waals surface area (Å²) in [5, 5.41) is 3.80. The smallest absolute Gasteiger partial charge is 0.426 e. The zero-order valence-electron chi connectivity index (χ0n) is 14.1. The fourth-order valence-corrected chi connectivity index (χ4v) is 2.33. The quantitative estimate of drug-likeness (QED) is 0.588. The maximum absolute atomic E-state index is 14.0. The van der Waals surface area contributed by atoms with E-state index in [1.807, 2.05) is 0 Å². The zero-order chi connectivity index (χ0) is 20.1. The summed E-state index contributed by atoms with van der Waals surface area (Å²) < 4.78 is 64.5. The summed E-state index contributed by atoms with van der Waals surface area (Å²) in [4.78, 5) is 24.4. The SMILES string of the molecule is CCOC(=O)[C@@](NC(=O)NCc1ccco1)(c1ccc(F)cc1)C(F)(F)F. The molecule has 2 aromatic rings. The molecule has 0 spiro atoms. The number of esters is 1. The van der Waals surface area contributed by atoms with Crippen LogP contribution in [0.3, 0.4) is 0 Å². The number of hydrogen-bond donors (Lipinski definition) is 2. The van der Waals surface area contributed by atoms with Crippen molar-refractivity contribution in [1.82, 2.24) is 10.6 Å². The lowest BCUT2D eigenvalue weighted by Gasteiger charge is -2.34. The van der Waals surface area contributed by atoms with Gasteiger partial charge in [0.2, 0.25) is 0 Å². The monoisotopic (exact) mass is 388 g/mol. The highest BCUT2D eigenvalue weighted by Gasteiger charge is 2.64. The summed E-state index contributed by atoms with van der Waals surface area (Å²) in [6, 6.07) is 4.75. The van der Waals surface area contributed by atoms with Crippen molar-refractivity contribution in [2.24, 2.45) is 0 Å². The van der Waals surface area contributed by atoms with Gasteiger partial charge in [0.25, 0.3) is 5.54 Å². The first-order chi connectivity index (χ1) is 12.7. The van der Waals surface area contributed by atoms with Crippen LogP contribution in [0.25, 0.3) is 0 Å². The predicted octanol–water partition coefficient (Wildman–Crippen LogP) is 3.24. The molecular weight excluding hydrogens is 372 g/mol. The molecule has 0 unspecified atom stereocenters. The van der Waals surface area contributed by atoms with Gasteiger partial charge in [-0.3, -0.25) is 0 Å². The zero-order valence-corrected chi connectivity index (χ0v) is 14.1. The van der Waals surface area contributed by atoms with Crippen LogP contribution >= 0.6 is 0 Å². The predicted molar refractivity (Wildman–Crippen MR) is 84.8 cm³/mol. The van der Waals surface area contributed by atoms with E-state index in [1.165, 1.54) is 25.3 Å². The van der Waals surface area contributed by atoms with Gasteiger partial charge in [-0.2, -0.15) is 13.2 Å². The van der Waals surface area contributed by atoms with E-state index in [9.17, 15) is 27.2 Å². The molecule has 0 saturated carbocycles. The van der Waals surface area contributed by atoms with Gasteiger partial charge in [-0.15, -0.1) is 0 Å². The molecule has 0 saturated heterocycles. The van der Waals surface area contributed by atoms with Crippen LogP contribution in [0.1, 0.15) is 18.2 Å². The molecule has 6 nitrogen and oxygen atoms in total. The number of urea groups is 1. The summed E-state index contributed by atoms with van der Waals surface area (Å²) >= 11 is 0. The molecule has 0 aliphatic rings. The summed E-state index contributed by atoms with van der Waals surface area (Å²) in [6.07, 6.45) is -3.94. The van der Waals surface area contributed by atoms with E-state index < -0.39 is 35.1 Å². The maximum Gasteiger partial charge on any atom is 0.426 e. The number of hydrogen-bond acceptors (Lipinski definition) is 4. The second kappa shape index (κ2) is 8.11. The molecular formula is C17H16F4N2O4. The van der Waals surface area contributed by atoms with Gasteiger partial charge in [-0.1, -0.05) is 12.1 Å². The van der Waals surface area contributed by atoms with Crippen LogP contribution in [0.15, 0.2) is 47.1 Å². The Balaban J connectivity index is 2.38. The second-order valence-corrected chi connectivity index (χ2v) is 5.36. The van der Waals surface area contributed by atoms with Crippen molar-refractivity contribution >= 4 is 12.0 Å². The molecule has 146 valence electrons. The van der Waals surface area contributed by atoms with E-state index >= 15 is 0 Å². The van der Waals surface area contributed by atoms with Crippen molar-refractivity contribution in [2.75, 3.05) is 6.61 Å². The average molecular weight is 388 g/mol. The van der Waals surface area contributed by atoms with Gasteiger partial charge in [0.05, 0.1) is 19.4 Å². The van der Waals surface area contributed by atoms with Crippen LogP contribution in [-0.2, 0) is 21.6 Å². The highest BCUT2D eigenvalue weighted by Crippen LogP contribution is 2.40. The number of nitrogens with one attached hydrogen (secondary N) is 2. The van der Waals surface area contributed by atoms with E-state index in [0.717, 1.165) is 24.3 Å². The molecule has 1 heterocycles. The Bertz CT molecular complexity index is 775. The van der Waals surface area contributed by atoms with Gasteiger partial charge in [0, 0.05) is 0 Å². The lowest BCUT2D eigenvalue weighted by Crippen LogP contribution is -2.63. The largest absolute Gasteiger partial charge is 0.467 e. The molecule has 27 heavy (non-hydrogen) atoms. The number of benzene rings is 1.